The second-order valence-electron chi connectivity index (χ2n) is 7.04. The van der Waals surface area contributed by atoms with Crippen LogP contribution in [0.4, 0.5) is 0 Å². The van der Waals surface area contributed by atoms with Crippen molar-refractivity contribution in [3.05, 3.63) is 87.9 Å². The number of rotatable bonds is 7. The molecule has 0 atom stereocenters. The van der Waals surface area contributed by atoms with Gasteiger partial charge in [-0.05, 0) is 35.9 Å². The number of methoxy groups -OCH3 is 1. The van der Waals surface area contributed by atoms with Crippen molar-refractivity contribution in [3.8, 4) is 17.0 Å². The van der Waals surface area contributed by atoms with Gasteiger partial charge in [0, 0.05) is 36.1 Å². The van der Waals surface area contributed by atoms with E-state index in [1.165, 1.54) is 0 Å². The number of amides is 1. The van der Waals surface area contributed by atoms with Crippen LogP contribution in [0.5, 0.6) is 5.75 Å². The molecule has 4 rings (SSSR count). The van der Waals surface area contributed by atoms with Crippen LogP contribution in [0, 0.1) is 0 Å². The van der Waals surface area contributed by atoms with E-state index in [-0.39, 0.29) is 17.9 Å². The van der Waals surface area contributed by atoms with Gasteiger partial charge in [-0.15, -0.1) is 0 Å². The molecule has 1 amide bonds. The highest BCUT2D eigenvalue weighted by molar-refractivity contribution is 6.30. The van der Waals surface area contributed by atoms with Crippen molar-refractivity contribution < 1.29 is 9.53 Å². The first kappa shape index (κ1) is 20.7. The van der Waals surface area contributed by atoms with Gasteiger partial charge < -0.3 is 14.6 Å². The van der Waals surface area contributed by atoms with Gasteiger partial charge in [0.15, 0.2) is 0 Å². The number of halogens is 1. The van der Waals surface area contributed by atoms with Gasteiger partial charge in [-0.1, -0.05) is 35.9 Å². The number of benzene rings is 2. The number of aromatic nitrogens is 3. The summed E-state index contributed by atoms with van der Waals surface area (Å²) in [5, 5.41) is 7.97. The van der Waals surface area contributed by atoms with E-state index in [0.29, 0.717) is 29.3 Å². The van der Waals surface area contributed by atoms with E-state index in [1.54, 1.807) is 46.8 Å². The fourth-order valence-corrected chi connectivity index (χ4v) is 3.42. The molecule has 7 nitrogen and oxygen atoms in total. The summed E-state index contributed by atoms with van der Waals surface area (Å²) in [6.45, 7) is 0.709. The SMILES string of the molecule is COc1cccc(-c2cc3c(=O)n(CCNC(=O)Cc4ccc(Cl)cc4)ccn3n2)c1. The Morgan fingerprint density at radius 2 is 1.94 bits per heavy atom. The standard InChI is InChI=1S/C23H21ClN4O3/c1-31-19-4-2-3-17(14-19)20-15-21-23(30)27(11-12-28(21)26-20)10-9-25-22(29)13-16-5-7-18(24)8-6-16/h2-8,11-12,14-15H,9-10,13H2,1H3,(H,25,29). The maximum absolute atomic E-state index is 12.8. The molecule has 31 heavy (non-hydrogen) atoms. The Hall–Kier alpha value is -3.58. The van der Waals surface area contributed by atoms with Crippen molar-refractivity contribution in [2.75, 3.05) is 13.7 Å². The van der Waals surface area contributed by atoms with Crippen molar-refractivity contribution in [1.29, 1.82) is 0 Å². The predicted octanol–water partition coefficient (Wildman–Crippen LogP) is 3.18. The zero-order chi connectivity index (χ0) is 21.8. The third-order valence-electron chi connectivity index (χ3n) is 4.92. The topological polar surface area (TPSA) is 77.6 Å². The zero-order valence-corrected chi connectivity index (χ0v) is 17.7. The van der Waals surface area contributed by atoms with Gasteiger partial charge in [-0.2, -0.15) is 5.10 Å². The minimum atomic E-state index is -0.170. The maximum atomic E-state index is 12.8. The Morgan fingerprint density at radius 3 is 2.71 bits per heavy atom. The Kier molecular flexibility index (Phi) is 6.04. The molecule has 0 saturated heterocycles. The summed E-state index contributed by atoms with van der Waals surface area (Å²) < 4.78 is 8.39. The minimum absolute atomic E-state index is 0.110. The van der Waals surface area contributed by atoms with Crippen LogP contribution >= 0.6 is 11.6 Å². The van der Waals surface area contributed by atoms with E-state index in [1.807, 2.05) is 36.4 Å². The first-order chi connectivity index (χ1) is 15.0. The second kappa shape index (κ2) is 9.06. The van der Waals surface area contributed by atoms with E-state index in [0.717, 1.165) is 16.9 Å². The van der Waals surface area contributed by atoms with Crippen LogP contribution in [0.3, 0.4) is 0 Å². The summed E-state index contributed by atoms with van der Waals surface area (Å²) in [4.78, 5) is 25.0. The lowest BCUT2D eigenvalue weighted by Crippen LogP contribution is -2.32. The largest absolute Gasteiger partial charge is 0.497 e. The molecule has 0 aliphatic carbocycles. The third-order valence-corrected chi connectivity index (χ3v) is 5.17. The molecule has 158 valence electrons. The Morgan fingerprint density at radius 1 is 1.13 bits per heavy atom. The lowest BCUT2D eigenvalue weighted by Gasteiger charge is -2.08. The summed E-state index contributed by atoms with van der Waals surface area (Å²) in [6.07, 6.45) is 3.66. The molecular weight excluding hydrogens is 416 g/mol. The van der Waals surface area contributed by atoms with Gasteiger partial charge in [-0.25, -0.2) is 4.52 Å². The molecule has 0 radical (unpaired) electrons. The summed E-state index contributed by atoms with van der Waals surface area (Å²) >= 11 is 5.86. The molecule has 2 heterocycles. The summed E-state index contributed by atoms with van der Waals surface area (Å²) in [7, 11) is 1.61. The molecular formula is C23H21ClN4O3. The fourth-order valence-electron chi connectivity index (χ4n) is 3.29. The van der Waals surface area contributed by atoms with Gasteiger partial charge in [-0.3, -0.25) is 9.59 Å². The molecule has 4 aromatic rings. The quantitative estimate of drug-likeness (QED) is 0.482. The van der Waals surface area contributed by atoms with Crippen LogP contribution in [0.15, 0.2) is 71.8 Å². The van der Waals surface area contributed by atoms with Gasteiger partial charge in [0.05, 0.1) is 19.2 Å². The zero-order valence-electron chi connectivity index (χ0n) is 16.9. The smallest absolute Gasteiger partial charge is 0.276 e. The molecule has 0 aliphatic heterocycles. The molecule has 0 saturated carbocycles. The van der Waals surface area contributed by atoms with Crippen LogP contribution in [-0.4, -0.2) is 33.7 Å². The number of nitrogens with zero attached hydrogens (tertiary/aromatic N) is 3. The second-order valence-corrected chi connectivity index (χ2v) is 7.48. The van der Waals surface area contributed by atoms with Gasteiger partial charge in [0.2, 0.25) is 5.91 Å². The van der Waals surface area contributed by atoms with Crippen LogP contribution in [-0.2, 0) is 17.8 Å². The first-order valence-electron chi connectivity index (χ1n) is 9.78. The highest BCUT2D eigenvalue weighted by Crippen LogP contribution is 2.23. The average Bonchev–Trinajstić information content (AvgIpc) is 3.22. The Bertz CT molecular complexity index is 1280. The molecule has 2 aromatic carbocycles. The van der Waals surface area contributed by atoms with Crippen molar-refractivity contribution in [2.45, 2.75) is 13.0 Å². The first-order valence-corrected chi connectivity index (χ1v) is 10.2. The van der Waals surface area contributed by atoms with E-state index in [2.05, 4.69) is 10.4 Å². The fraction of sp³-hybridized carbons (Fsp3) is 0.174. The van der Waals surface area contributed by atoms with Crippen LogP contribution in [0.25, 0.3) is 16.8 Å². The summed E-state index contributed by atoms with van der Waals surface area (Å²) in [5.41, 5.74) is 2.72. The molecule has 0 unspecified atom stereocenters. The van der Waals surface area contributed by atoms with Crippen LogP contribution in [0.2, 0.25) is 5.02 Å². The monoisotopic (exact) mass is 436 g/mol. The van der Waals surface area contributed by atoms with Gasteiger partial charge in [0.25, 0.3) is 5.56 Å². The minimum Gasteiger partial charge on any atom is -0.497 e. The normalized spacial score (nSPS) is 10.9. The van der Waals surface area contributed by atoms with E-state index >= 15 is 0 Å². The Labute approximate surface area is 183 Å². The van der Waals surface area contributed by atoms with E-state index in [9.17, 15) is 9.59 Å². The van der Waals surface area contributed by atoms with Crippen molar-refractivity contribution in [3.63, 3.8) is 0 Å². The van der Waals surface area contributed by atoms with E-state index in [4.69, 9.17) is 16.3 Å². The van der Waals surface area contributed by atoms with Crippen LogP contribution in [0.1, 0.15) is 5.56 Å². The maximum Gasteiger partial charge on any atom is 0.276 e. The predicted molar refractivity (Wildman–Crippen MR) is 120 cm³/mol. The van der Waals surface area contributed by atoms with Crippen molar-refractivity contribution >= 4 is 23.0 Å². The molecule has 1 N–H and O–H groups in total. The van der Waals surface area contributed by atoms with Gasteiger partial charge >= 0.3 is 0 Å². The van der Waals surface area contributed by atoms with Crippen molar-refractivity contribution in [2.24, 2.45) is 0 Å². The molecule has 0 spiro atoms. The molecule has 2 aromatic heterocycles. The van der Waals surface area contributed by atoms with Crippen LogP contribution < -0.4 is 15.6 Å². The number of carbonyl (C=O) groups is 1. The number of hydrogen-bond acceptors (Lipinski definition) is 4. The highest BCUT2D eigenvalue weighted by atomic mass is 35.5. The average molecular weight is 437 g/mol. The Balaban J connectivity index is 1.43. The number of hydrogen-bond donors (Lipinski definition) is 1. The van der Waals surface area contributed by atoms with E-state index < -0.39 is 0 Å². The lowest BCUT2D eigenvalue weighted by atomic mass is 10.1. The summed E-state index contributed by atoms with van der Waals surface area (Å²) in [5.74, 6) is 0.613. The van der Waals surface area contributed by atoms with Crippen molar-refractivity contribution in [1.82, 2.24) is 19.5 Å². The van der Waals surface area contributed by atoms with Gasteiger partial charge in [0.1, 0.15) is 11.3 Å². The number of carbonyl (C=O) groups excluding carboxylic acids is 1. The lowest BCUT2D eigenvalue weighted by molar-refractivity contribution is -0.120. The molecule has 0 aliphatic rings. The third kappa shape index (κ3) is 4.78. The number of ether oxygens (including phenoxy) is 1. The highest BCUT2D eigenvalue weighted by Gasteiger charge is 2.10. The molecule has 8 heteroatoms. The molecule has 0 bridgehead atoms. The number of nitrogens with one attached hydrogen (secondary N) is 1. The number of fused-ring (bicyclic) bond motifs is 1. The molecule has 0 fully saturated rings. The summed E-state index contributed by atoms with van der Waals surface area (Å²) in [6, 6.07) is 16.4.